The predicted molar refractivity (Wildman–Crippen MR) is 69.7 cm³/mol. The Morgan fingerprint density at radius 3 is 2.13 bits per heavy atom. The highest BCUT2D eigenvalue weighted by molar-refractivity contribution is 5.80. The maximum absolute atomic E-state index is 12.4. The molecule has 0 saturated carbocycles. The van der Waals surface area contributed by atoms with Crippen molar-refractivity contribution in [2.45, 2.75) is 12.4 Å². The molecular weight excluding hydrogens is 326 g/mol. The van der Waals surface area contributed by atoms with Gasteiger partial charge in [0.1, 0.15) is 5.69 Å². The molecule has 0 aliphatic rings. The lowest BCUT2D eigenvalue weighted by Gasteiger charge is -2.06. The lowest BCUT2D eigenvalue weighted by molar-refractivity contribution is -0.141. The Kier molecular flexibility index (Phi) is 4.52. The molecule has 4 nitrogen and oxygen atoms in total. The highest BCUT2D eigenvalue weighted by Crippen LogP contribution is 2.29. The van der Waals surface area contributed by atoms with Crippen LogP contribution in [0, 0.1) is 0 Å². The molecule has 23 heavy (non-hydrogen) atoms. The van der Waals surface area contributed by atoms with Crippen LogP contribution < -0.4 is 5.43 Å². The van der Waals surface area contributed by atoms with Crippen molar-refractivity contribution < 1.29 is 26.3 Å². The quantitative estimate of drug-likeness (QED) is 0.525. The van der Waals surface area contributed by atoms with Gasteiger partial charge in [0.25, 0.3) is 0 Å². The molecule has 0 saturated heterocycles. The summed E-state index contributed by atoms with van der Waals surface area (Å²) < 4.78 is 74.4. The number of hydrogen-bond acceptors (Lipinski definition) is 4. The Labute approximate surface area is 125 Å². The molecule has 1 N–H and O–H groups in total. The van der Waals surface area contributed by atoms with E-state index in [-0.39, 0.29) is 5.95 Å². The lowest BCUT2D eigenvalue weighted by atomic mass is 10.1. The zero-order chi connectivity index (χ0) is 17.1. The number of rotatable bonds is 3. The highest BCUT2D eigenvalue weighted by atomic mass is 19.4. The van der Waals surface area contributed by atoms with Gasteiger partial charge in [-0.15, -0.1) is 0 Å². The van der Waals surface area contributed by atoms with Crippen molar-refractivity contribution in [2.75, 3.05) is 5.43 Å². The van der Waals surface area contributed by atoms with Gasteiger partial charge in [-0.1, -0.05) is 12.1 Å². The van der Waals surface area contributed by atoms with Crippen molar-refractivity contribution in [1.29, 1.82) is 0 Å². The van der Waals surface area contributed by atoms with Crippen LogP contribution in [0.25, 0.3) is 0 Å². The number of nitrogens with one attached hydrogen (secondary N) is 1. The summed E-state index contributed by atoms with van der Waals surface area (Å²) in [6, 6.07) is 4.76. The van der Waals surface area contributed by atoms with Crippen molar-refractivity contribution in [1.82, 2.24) is 9.97 Å². The van der Waals surface area contributed by atoms with Gasteiger partial charge in [0.2, 0.25) is 5.95 Å². The standard InChI is InChI=1S/C13H8F6N4/c14-12(15,16)9-3-1-8(2-4-9)7-21-23-11-20-6-5-10(22-11)13(17,18)19/h1-7H,(H,20,22,23)/b21-7+. The smallest absolute Gasteiger partial charge is 0.245 e. The Bertz CT molecular complexity index is 691. The summed E-state index contributed by atoms with van der Waals surface area (Å²) in [4.78, 5) is 6.76. The average Bonchev–Trinajstić information content (AvgIpc) is 2.46. The van der Waals surface area contributed by atoms with E-state index in [2.05, 4.69) is 20.5 Å². The van der Waals surface area contributed by atoms with E-state index in [1.807, 2.05) is 0 Å². The number of hydrazone groups is 1. The van der Waals surface area contributed by atoms with Gasteiger partial charge >= 0.3 is 12.4 Å². The van der Waals surface area contributed by atoms with Crippen LogP contribution in [0.2, 0.25) is 0 Å². The first-order chi connectivity index (χ1) is 10.7. The third-order valence-electron chi connectivity index (χ3n) is 2.56. The van der Waals surface area contributed by atoms with Crippen LogP contribution in [0.4, 0.5) is 32.3 Å². The van der Waals surface area contributed by atoms with Gasteiger partial charge in [0.05, 0.1) is 11.8 Å². The summed E-state index contributed by atoms with van der Waals surface area (Å²) in [6.07, 6.45) is -7.02. The second kappa shape index (κ2) is 6.23. The molecule has 1 aromatic carbocycles. The molecule has 0 radical (unpaired) electrons. The SMILES string of the molecule is FC(F)(F)c1ccc(/C=N/Nc2nccc(C(F)(F)F)n2)cc1. The zero-order valence-corrected chi connectivity index (χ0v) is 11.2. The van der Waals surface area contributed by atoms with Gasteiger partial charge in [0.15, 0.2) is 0 Å². The molecule has 0 amide bonds. The first-order valence-electron chi connectivity index (χ1n) is 6.03. The van der Waals surface area contributed by atoms with Crippen molar-refractivity contribution in [3.05, 3.63) is 53.3 Å². The predicted octanol–water partition coefficient (Wildman–Crippen LogP) is 3.96. The minimum absolute atomic E-state index is 0.317. The first-order valence-corrected chi connectivity index (χ1v) is 6.03. The molecule has 0 spiro atoms. The lowest BCUT2D eigenvalue weighted by Crippen LogP contribution is -2.10. The molecule has 0 bridgehead atoms. The molecule has 2 rings (SSSR count). The Morgan fingerprint density at radius 1 is 0.913 bits per heavy atom. The molecule has 0 fully saturated rings. The Balaban J connectivity index is 2.05. The molecule has 1 heterocycles. The van der Waals surface area contributed by atoms with Crippen molar-refractivity contribution >= 4 is 12.2 Å². The van der Waals surface area contributed by atoms with Crippen molar-refractivity contribution in [3.8, 4) is 0 Å². The maximum atomic E-state index is 12.4. The van der Waals surface area contributed by atoms with E-state index in [9.17, 15) is 26.3 Å². The molecule has 2 aromatic rings. The molecular formula is C13H8F6N4. The number of benzene rings is 1. The number of anilines is 1. The fourth-order valence-electron chi connectivity index (χ4n) is 1.49. The molecule has 10 heteroatoms. The normalized spacial score (nSPS) is 12.6. The molecule has 0 aliphatic carbocycles. The largest absolute Gasteiger partial charge is 0.433 e. The summed E-state index contributed by atoms with van der Waals surface area (Å²) in [7, 11) is 0. The van der Waals surface area contributed by atoms with Gasteiger partial charge in [-0.3, -0.25) is 0 Å². The second-order valence-electron chi connectivity index (χ2n) is 4.25. The van der Waals surface area contributed by atoms with E-state index in [0.29, 0.717) is 11.6 Å². The summed E-state index contributed by atoms with van der Waals surface area (Å²) in [6.45, 7) is 0. The van der Waals surface area contributed by atoms with Crippen LogP contribution in [0.3, 0.4) is 0 Å². The molecule has 1 aromatic heterocycles. The fraction of sp³-hybridized carbons (Fsp3) is 0.154. The van der Waals surface area contributed by atoms with Crippen LogP contribution in [0.1, 0.15) is 16.8 Å². The van der Waals surface area contributed by atoms with Crippen LogP contribution in [-0.2, 0) is 12.4 Å². The number of nitrogens with zero attached hydrogens (tertiary/aromatic N) is 3. The van der Waals surface area contributed by atoms with E-state index in [1.165, 1.54) is 12.1 Å². The maximum Gasteiger partial charge on any atom is 0.433 e. The van der Waals surface area contributed by atoms with Crippen LogP contribution in [0.15, 0.2) is 41.6 Å². The summed E-state index contributed by atoms with van der Waals surface area (Å²) in [5, 5.41) is 3.58. The number of halogens is 6. The van der Waals surface area contributed by atoms with Gasteiger partial charge in [0, 0.05) is 6.20 Å². The van der Waals surface area contributed by atoms with Gasteiger partial charge in [-0.05, 0) is 23.8 Å². The minimum atomic E-state index is -4.61. The topological polar surface area (TPSA) is 50.2 Å². The molecule has 0 atom stereocenters. The monoisotopic (exact) mass is 334 g/mol. The highest BCUT2D eigenvalue weighted by Gasteiger charge is 2.32. The molecule has 0 unspecified atom stereocenters. The van der Waals surface area contributed by atoms with E-state index in [4.69, 9.17) is 0 Å². The van der Waals surface area contributed by atoms with Crippen LogP contribution >= 0.6 is 0 Å². The van der Waals surface area contributed by atoms with Gasteiger partial charge in [-0.25, -0.2) is 15.4 Å². The van der Waals surface area contributed by atoms with E-state index in [1.54, 1.807) is 0 Å². The third kappa shape index (κ3) is 4.66. The number of alkyl halides is 6. The van der Waals surface area contributed by atoms with Crippen LogP contribution in [0.5, 0.6) is 0 Å². The van der Waals surface area contributed by atoms with Gasteiger partial charge < -0.3 is 0 Å². The molecule has 122 valence electrons. The third-order valence-corrected chi connectivity index (χ3v) is 2.56. The van der Waals surface area contributed by atoms with Gasteiger partial charge in [-0.2, -0.15) is 31.4 Å². The Morgan fingerprint density at radius 2 is 1.57 bits per heavy atom. The van der Waals surface area contributed by atoms with Crippen molar-refractivity contribution in [2.24, 2.45) is 5.10 Å². The van der Waals surface area contributed by atoms with Crippen LogP contribution in [-0.4, -0.2) is 16.2 Å². The molecule has 0 aliphatic heterocycles. The first kappa shape index (κ1) is 16.7. The van der Waals surface area contributed by atoms with E-state index >= 15 is 0 Å². The second-order valence-corrected chi connectivity index (χ2v) is 4.25. The fourth-order valence-corrected chi connectivity index (χ4v) is 1.49. The summed E-state index contributed by atoms with van der Waals surface area (Å²) in [5.41, 5.74) is 0.538. The minimum Gasteiger partial charge on any atom is -0.245 e. The summed E-state index contributed by atoms with van der Waals surface area (Å²) >= 11 is 0. The Hall–Kier alpha value is -2.65. The van der Waals surface area contributed by atoms with E-state index in [0.717, 1.165) is 24.5 Å². The number of aromatic nitrogens is 2. The average molecular weight is 334 g/mol. The van der Waals surface area contributed by atoms with Crippen molar-refractivity contribution in [3.63, 3.8) is 0 Å². The number of hydrogen-bond donors (Lipinski definition) is 1. The van der Waals surface area contributed by atoms with E-state index < -0.39 is 23.6 Å². The zero-order valence-electron chi connectivity index (χ0n) is 11.2. The summed E-state index contributed by atoms with van der Waals surface area (Å²) in [5.74, 6) is -0.386.